The van der Waals surface area contributed by atoms with Crippen molar-refractivity contribution >= 4 is 0 Å². The van der Waals surface area contributed by atoms with Crippen molar-refractivity contribution in [3.63, 3.8) is 0 Å². The summed E-state index contributed by atoms with van der Waals surface area (Å²) < 4.78 is 0. The van der Waals surface area contributed by atoms with E-state index in [0.717, 1.165) is 11.1 Å². The molecular weight excluding hydrogens is 228 g/mol. The van der Waals surface area contributed by atoms with Gasteiger partial charge in [-0.2, -0.15) is 0 Å². The van der Waals surface area contributed by atoms with Gasteiger partial charge < -0.3 is 4.84 Å². The first kappa shape index (κ1) is 12.1. The molecule has 0 spiro atoms. The molecule has 0 atom stereocenters. The van der Waals surface area contributed by atoms with Gasteiger partial charge in [0.15, 0.2) is 5.02 Å². The maximum absolute atomic E-state index is 11.3. The van der Waals surface area contributed by atoms with Crippen LogP contribution < -0.4 is 0 Å². The Kier molecular flexibility index (Phi) is 3.91. The summed E-state index contributed by atoms with van der Waals surface area (Å²) in [5.74, 6) is 0. The maximum Gasteiger partial charge on any atom is 0.169 e. The Morgan fingerprint density at radius 2 is 1.39 bits per heavy atom. The van der Waals surface area contributed by atoms with Crippen LogP contribution in [-0.4, -0.2) is 12.1 Å². The lowest BCUT2D eigenvalue weighted by molar-refractivity contribution is -0.799. The van der Waals surface area contributed by atoms with Crippen LogP contribution in [0.15, 0.2) is 65.8 Å². The molecule has 0 N–H and O–H groups in total. The van der Waals surface area contributed by atoms with E-state index in [2.05, 4.69) is 5.11 Å². The Morgan fingerprint density at radius 1 is 0.944 bits per heavy atom. The van der Waals surface area contributed by atoms with E-state index < -0.39 is 6.10 Å². The molecule has 0 aliphatic rings. The number of hydrogen-bond acceptors (Lipinski definition) is 3. The molecule has 0 aliphatic heterocycles. The van der Waals surface area contributed by atoms with Gasteiger partial charge in [0.2, 0.25) is 0 Å². The predicted octanol–water partition coefficient (Wildman–Crippen LogP) is 3.30. The van der Waals surface area contributed by atoms with Crippen molar-refractivity contribution < 1.29 is 9.86 Å². The van der Waals surface area contributed by atoms with Crippen molar-refractivity contribution in [2.75, 3.05) is 7.05 Å². The summed E-state index contributed by atoms with van der Waals surface area (Å²) in [6, 6.07) is 19.2. The molecule has 2 aromatic rings. The summed E-state index contributed by atoms with van der Waals surface area (Å²) in [6.45, 7) is 0. The van der Waals surface area contributed by atoms with Gasteiger partial charge in [0, 0.05) is 5.11 Å². The molecule has 0 bridgehead atoms. The van der Waals surface area contributed by atoms with Gasteiger partial charge in [-0.15, -0.1) is 0 Å². The van der Waals surface area contributed by atoms with Crippen molar-refractivity contribution in [1.29, 1.82) is 0 Å². The fourth-order valence-corrected chi connectivity index (χ4v) is 1.71. The van der Waals surface area contributed by atoms with Crippen LogP contribution in [0.25, 0.3) is 0 Å². The lowest BCUT2D eigenvalue weighted by Gasteiger charge is -2.19. The van der Waals surface area contributed by atoms with E-state index in [9.17, 15) is 5.21 Å². The monoisotopic (exact) mass is 242 g/mol. The van der Waals surface area contributed by atoms with Gasteiger partial charge in [0.05, 0.1) is 7.05 Å². The van der Waals surface area contributed by atoms with Crippen LogP contribution in [0.1, 0.15) is 17.2 Å². The van der Waals surface area contributed by atoms with E-state index in [1.807, 2.05) is 60.7 Å². The number of nitrogens with zero attached hydrogens (tertiary/aromatic N) is 2. The molecule has 2 rings (SSSR count). The van der Waals surface area contributed by atoms with Gasteiger partial charge in [-0.25, -0.2) is 5.21 Å². The summed E-state index contributed by atoms with van der Waals surface area (Å²) >= 11 is 0. The molecule has 2 aromatic carbocycles. The first-order valence-electron chi connectivity index (χ1n) is 5.65. The molecule has 0 fully saturated rings. The lowest BCUT2D eigenvalue weighted by atomic mass is 10.0. The Morgan fingerprint density at radius 3 is 1.78 bits per heavy atom. The highest BCUT2D eigenvalue weighted by atomic mass is 16.9. The molecule has 0 aromatic heterocycles. The Bertz CT molecular complexity index is 472. The molecule has 0 saturated heterocycles. The van der Waals surface area contributed by atoms with Crippen LogP contribution in [0.3, 0.4) is 0 Å². The van der Waals surface area contributed by atoms with Crippen LogP contribution in [0, 0.1) is 5.21 Å². The number of benzene rings is 2. The van der Waals surface area contributed by atoms with Gasteiger partial charge in [0.1, 0.15) is 6.10 Å². The second-order valence-electron chi connectivity index (χ2n) is 3.74. The maximum atomic E-state index is 11.3. The van der Waals surface area contributed by atoms with Crippen molar-refractivity contribution in [2.24, 2.45) is 5.11 Å². The molecule has 92 valence electrons. The van der Waals surface area contributed by atoms with E-state index in [0.29, 0.717) is 0 Å². The highest BCUT2D eigenvalue weighted by Crippen LogP contribution is 2.25. The predicted molar refractivity (Wildman–Crippen MR) is 67.8 cm³/mol. The van der Waals surface area contributed by atoms with E-state index >= 15 is 0 Å². The highest BCUT2D eigenvalue weighted by molar-refractivity contribution is 5.29. The summed E-state index contributed by atoms with van der Waals surface area (Å²) in [4.78, 5) is 5.28. The van der Waals surface area contributed by atoms with Crippen molar-refractivity contribution in [3.05, 3.63) is 77.0 Å². The standard InChI is InChI=1S/C14H14N2O2/c1-15-16(17)18-14(12-8-4-2-5-9-12)13-10-6-3-7-11-13/h2-11,14H,1H3. The largest absolute Gasteiger partial charge is 0.368 e. The summed E-state index contributed by atoms with van der Waals surface area (Å²) in [6.07, 6.45) is -0.450. The fraction of sp³-hybridized carbons (Fsp3) is 0.143. The zero-order valence-electron chi connectivity index (χ0n) is 10.1. The molecule has 0 aliphatic carbocycles. The number of rotatable bonds is 4. The van der Waals surface area contributed by atoms with Crippen molar-refractivity contribution in [1.82, 2.24) is 0 Å². The Balaban J connectivity index is 2.35. The van der Waals surface area contributed by atoms with Crippen molar-refractivity contribution in [3.8, 4) is 0 Å². The van der Waals surface area contributed by atoms with Gasteiger partial charge in [-0.3, -0.25) is 0 Å². The minimum Gasteiger partial charge on any atom is -0.368 e. The van der Waals surface area contributed by atoms with Crippen LogP contribution in [0.5, 0.6) is 0 Å². The highest BCUT2D eigenvalue weighted by Gasteiger charge is 2.14. The van der Waals surface area contributed by atoms with Crippen LogP contribution in [-0.2, 0) is 4.84 Å². The van der Waals surface area contributed by atoms with Gasteiger partial charge >= 0.3 is 0 Å². The molecule has 18 heavy (non-hydrogen) atoms. The zero-order chi connectivity index (χ0) is 12.8. The van der Waals surface area contributed by atoms with Gasteiger partial charge in [-0.1, -0.05) is 60.7 Å². The Labute approximate surface area is 106 Å². The lowest BCUT2D eigenvalue weighted by Crippen LogP contribution is -2.11. The van der Waals surface area contributed by atoms with Crippen molar-refractivity contribution in [2.45, 2.75) is 6.10 Å². The molecular formula is C14H14N2O2. The average Bonchev–Trinajstić information content (AvgIpc) is 2.46. The fourth-order valence-electron chi connectivity index (χ4n) is 1.71. The smallest absolute Gasteiger partial charge is 0.169 e. The minimum absolute atomic E-state index is 0.241. The van der Waals surface area contributed by atoms with Gasteiger partial charge in [-0.05, 0) is 11.1 Å². The third-order valence-corrected chi connectivity index (χ3v) is 2.56. The third kappa shape index (κ3) is 2.85. The average molecular weight is 242 g/mol. The number of hydrogen-bond donors (Lipinski definition) is 0. The van der Waals surface area contributed by atoms with E-state index in [1.54, 1.807) is 0 Å². The van der Waals surface area contributed by atoms with E-state index in [1.165, 1.54) is 7.05 Å². The first-order valence-corrected chi connectivity index (χ1v) is 5.65. The summed E-state index contributed by atoms with van der Waals surface area (Å²) in [7, 11) is 1.39. The summed E-state index contributed by atoms with van der Waals surface area (Å²) in [5, 5.41) is 15.0. The molecule has 0 unspecified atom stereocenters. The van der Waals surface area contributed by atoms with Gasteiger partial charge in [0.25, 0.3) is 0 Å². The normalized spacial score (nSPS) is 11.6. The van der Waals surface area contributed by atoms with Crippen LogP contribution in [0.4, 0.5) is 0 Å². The quantitative estimate of drug-likeness (QED) is 0.610. The molecule has 4 heteroatoms. The van der Waals surface area contributed by atoms with Crippen LogP contribution in [0.2, 0.25) is 0 Å². The topological polar surface area (TPSA) is 47.7 Å². The molecule has 0 heterocycles. The first-order chi connectivity index (χ1) is 8.81. The molecule has 4 nitrogen and oxygen atoms in total. The molecule has 0 radical (unpaired) electrons. The third-order valence-electron chi connectivity index (χ3n) is 2.56. The molecule has 0 saturated carbocycles. The Hall–Kier alpha value is -2.36. The second-order valence-corrected chi connectivity index (χ2v) is 3.74. The SMILES string of the molecule is CN=[N+]([O-])OC(c1ccccc1)c1ccccc1. The zero-order valence-corrected chi connectivity index (χ0v) is 10.1. The summed E-state index contributed by atoms with van der Waals surface area (Å²) in [5.41, 5.74) is 1.82. The van der Waals surface area contributed by atoms with E-state index in [-0.39, 0.29) is 5.02 Å². The van der Waals surface area contributed by atoms with E-state index in [4.69, 9.17) is 4.84 Å². The molecule has 0 amide bonds. The minimum atomic E-state index is -0.450. The van der Waals surface area contributed by atoms with Crippen LogP contribution >= 0.6 is 0 Å². The second kappa shape index (κ2) is 5.82.